The smallest absolute Gasteiger partial charge is 0.225 e. The molecule has 2 aliphatic heterocycles. The Kier molecular flexibility index (Phi) is 6.09. The van der Waals surface area contributed by atoms with Crippen molar-refractivity contribution in [1.29, 1.82) is 0 Å². The van der Waals surface area contributed by atoms with Crippen LogP contribution in [0.4, 0.5) is 4.39 Å². The van der Waals surface area contributed by atoms with E-state index in [4.69, 9.17) is 4.74 Å². The molecule has 2 aromatic rings. The molecule has 2 amide bonds. The molecule has 0 bridgehead atoms. The number of nitrogens with zero attached hydrogens (tertiary/aromatic N) is 4. The van der Waals surface area contributed by atoms with Crippen molar-refractivity contribution in [1.82, 2.24) is 19.6 Å². The summed E-state index contributed by atoms with van der Waals surface area (Å²) in [6.07, 6.45) is 1.29. The van der Waals surface area contributed by atoms with E-state index in [0.717, 1.165) is 17.0 Å². The van der Waals surface area contributed by atoms with Gasteiger partial charge in [0, 0.05) is 51.3 Å². The number of amides is 2. The van der Waals surface area contributed by atoms with Crippen molar-refractivity contribution in [2.45, 2.75) is 51.7 Å². The number of hydrogen-bond donors (Lipinski definition) is 0. The fourth-order valence-corrected chi connectivity index (χ4v) is 4.59. The molecule has 1 aromatic heterocycles. The molecule has 1 atom stereocenters. The zero-order valence-corrected chi connectivity index (χ0v) is 18.1. The van der Waals surface area contributed by atoms with E-state index >= 15 is 0 Å². The molecule has 31 heavy (non-hydrogen) atoms. The molecule has 0 radical (unpaired) electrons. The third kappa shape index (κ3) is 4.63. The number of rotatable bonds is 5. The van der Waals surface area contributed by atoms with Gasteiger partial charge in [-0.15, -0.1) is 0 Å². The average Bonchev–Trinajstić information content (AvgIpc) is 3.31. The van der Waals surface area contributed by atoms with Crippen LogP contribution in [0.2, 0.25) is 0 Å². The maximum absolute atomic E-state index is 13.3. The molecule has 1 aromatic carbocycles. The molecule has 4 rings (SSSR count). The second-order valence-corrected chi connectivity index (χ2v) is 8.60. The molecular formula is C23H29FN4O3. The minimum absolute atomic E-state index is 0.00340. The highest BCUT2D eigenvalue weighted by molar-refractivity contribution is 5.81. The monoisotopic (exact) mass is 428 g/mol. The Labute approximate surface area is 181 Å². The van der Waals surface area contributed by atoms with Gasteiger partial charge in [-0.25, -0.2) is 4.39 Å². The summed E-state index contributed by atoms with van der Waals surface area (Å²) in [4.78, 5) is 29.8. The Morgan fingerprint density at radius 3 is 2.68 bits per heavy atom. The van der Waals surface area contributed by atoms with Crippen molar-refractivity contribution in [2.75, 3.05) is 26.3 Å². The first-order chi connectivity index (χ1) is 14.9. The molecule has 2 saturated heterocycles. The highest BCUT2D eigenvalue weighted by Gasteiger charge is 2.46. The summed E-state index contributed by atoms with van der Waals surface area (Å²) < 4.78 is 20.9. The number of benzene rings is 1. The van der Waals surface area contributed by atoms with Gasteiger partial charge in [-0.1, -0.05) is 12.1 Å². The zero-order valence-electron chi connectivity index (χ0n) is 18.1. The number of aryl methyl sites for hydroxylation is 3. The van der Waals surface area contributed by atoms with Gasteiger partial charge >= 0.3 is 0 Å². The number of carbonyl (C=O) groups excluding carboxylic acids is 2. The van der Waals surface area contributed by atoms with Crippen LogP contribution >= 0.6 is 0 Å². The predicted molar refractivity (Wildman–Crippen MR) is 113 cm³/mol. The Morgan fingerprint density at radius 2 is 2.03 bits per heavy atom. The molecule has 1 unspecified atom stereocenters. The minimum Gasteiger partial charge on any atom is -0.379 e. The summed E-state index contributed by atoms with van der Waals surface area (Å²) in [5.41, 5.74) is 2.28. The Morgan fingerprint density at radius 1 is 1.26 bits per heavy atom. The molecule has 1 spiro atoms. The van der Waals surface area contributed by atoms with Crippen LogP contribution in [0.5, 0.6) is 0 Å². The van der Waals surface area contributed by atoms with Crippen LogP contribution in [0.25, 0.3) is 0 Å². The van der Waals surface area contributed by atoms with E-state index < -0.39 is 5.54 Å². The molecule has 3 heterocycles. The Balaban J connectivity index is 1.49. The second kappa shape index (κ2) is 8.78. The number of aromatic nitrogens is 2. The van der Waals surface area contributed by atoms with Crippen molar-refractivity contribution >= 4 is 11.8 Å². The van der Waals surface area contributed by atoms with Crippen molar-refractivity contribution in [3.05, 3.63) is 53.1 Å². The molecule has 0 aliphatic carbocycles. The van der Waals surface area contributed by atoms with Crippen molar-refractivity contribution in [2.24, 2.45) is 0 Å². The molecule has 0 N–H and O–H groups in total. The quantitative estimate of drug-likeness (QED) is 0.734. The third-order valence-electron chi connectivity index (χ3n) is 6.28. The third-order valence-corrected chi connectivity index (χ3v) is 6.28. The molecule has 2 aliphatic rings. The van der Waals surface area contributed by atoms with Crippen LogP contribution in [0, 0.1) is 19.7 Å². The number of ether oxygens (including phenoxy) is 1. The van der Waals surface area contributed by atoms with Gasteiger partial charge in [0.25, 0.3) is 0 Å². The van der Waals surface area contributed by atoms with E-state index in [1.807, 2.05) is 34.4 Å². The van der Waals surface area contributed by atoms with Gasteiger partial charge in [0.1, 0.15) is 5.82 Å². The fourth-order valence-electron chi connectivity index (χ4n) is 4.59. The summed E-state index contributed by atoms with van der Waals surface area (Å²) in [7, 11) is 0. The molecule has 8 heteroatoms. The molecule has 0 saturated carbocycles. The van der Waals surface area contributed by atoms with Crippen molar-refractivity contribution in [3.63, 3.8) is 0 Å². The van der Waals surface area contributed by atoms with Gasteiger partial charge in [0.05, 0.1) is 17.8 Å². The van der Waals surface area contributed by atoms with Gasteiger partial charge in [-0.2, -0.15) is 5.10 Å². The maximum Gasteiger partial charge on any atom is 0.225 e. The lowest BCUT2D eigenvalue weighted by Crippen LogP contribution is -2.56. The standard InChI is InChI=1S/C23H29FN4O3/c1-17-13-18(2)28(25-17)11-8-21(29)26-10-7-22(30)27(23(15-26)9-12-31-16-23)14-19-3-5-20(24)6-4-19/h3-6,13H,7-12,14-16H2,1-2H3. The first-order valence-electron chi connectivity index (χ1n) is 10.8. The van der Waals surface area contributed by atoms with Crippen LogP contribution in [0.1, 0.15) is 36.2 Å². The summed E-state index contributed by atoms with van der Waals surface area (Å²) in [6, 6.07) is 8.21. The lowest BCUT2D eigenvalue weighted by Gasteiger charge is -2.40. The van der Waals surface area contributed by atoms with Gasteiger partial charge in [0.2, 0.25) is 11.8 Å². The second-order valence-electron chi connectivity index (χ2n) is 8.60. The van der Waals surface area contributed by atoms with Crippen LogP contribution in [0.15, 0.2) is 30.3 Å². The van der Waals surface area contributed by atoms with Gasteiger partial charge in [-0.3, -0.25) is 14.3 Å². The van der Waals surface area contributed by atoms with Crippen LogP contribution in [-0.4, -0.2) is 63.2 Å². The summed E-state index contributed by atoms with van der Waals surface area (Å²) >= 11 is 0. The van der Waals surface area contributed by atoms with Crippen LogP contribution < -0.4 is 0 Å². The lowest BCUT2D eigenvalue weighted by atomic mass is 9.94. The largest absolute Gasteiger partial charge is 0.379 e. The van der Waals surface area contributed by atoms with Crippen LogP contribution in [-0.2, 0) is 27.4 Å². The highest BCUT2D eigenvalue weighted by Crippen LogP contribution is 2.32. The maximum atomic E-state index is 13.3. The van der Waals surface area contributed by atoms with Crippen LogP contribution in [0.3, 0.4) is 0 Å². The van der Waals surface area contributed by atoms with E-state index in [1.54, 1.807) is 12.1 Å². The number of carbonyl (C=O) groups is 2. The summed E-state index contributed by atoms with van der Waals surface area (Å²) in [5, 5.41) is 4.43. The van der Waals surface area contributed by atoms with Gasteiger partial charge in [-0.05, 0) is 44.0 Å². The molecule has 2 fully saturated rings. The average molecular weight is 429 g/mol. The minimum atomic E-state index is -0.546. The van der Waals surface area contributed by atoms with E-state index in [0.29, 0.717) is 52.2 Å². The fraction of sp³-hybridized carbons (Fsp3) is 0.522. The SMILES string of the molecule is Cc1cc(C)n(CCC(=O)N2CCC(=O)N(Cc3ccc(F)cc3)C3(CCOC3)C2)n1. The van der Waals surface area contributed by atoms with E-state index in [1.165, 1.54) is 12.1 Å². The Hall–Kier alpha value is -2.74. The zero-order chi connectivity index (χ0) is 22.0. The van der Waals surface area contributed by atoms with E-state index in [9.17, 15) is 14.0 Å². The van der Waals surface area contributed by atoms with Gasteiger partial charge in [0.15, 0.2) is 0 Å². The topological polar surface area (TPSA) is 67.7 Å². The molecule has 7 nitrogen and oxygen atoms in total. The van der Waals surface area contributed by atoms with Crippen molar-refractivity contribution in [3.8, 4) is 0 Å². The van der Waals surface area contributed by atoms with E-state index in [2.05, 4.69) is 5.10 Å². The normalized spacial score (nSPS) is 21.7. The Bertz CT molecular complexity index is 950. The molecular weight excluding hydrogens is 399 g/mol. The number of halogens is 1. The van der Waals surface area contributed by atoms with E-state index in [-0.39, 0.29) is 24.1 Å². The van der Waals surface area contributed by atoms with Gasteiger partial charge < -0.3 is 14.5 Å². The predicted octanol–water partition coefficient (Wildman–Crippen LogP) is 2.45. The summed E-state index contributed by atoms with van der Waals surface area (Å²) in [5.74, 6) is -0.275. The first kappa shape index (κ1) is 21.5. The number of hydrogen-bond acceptors (Lipinski definition) is 4. The van der Waals surface area contributed by atoms with Crippen molar-refractivity contribution < 1.29 is 18.7 Å². The highest BCUT2D eigenvalue weighted by atomic mass is 19.1. The first-order valence-corrected chi connectivity index (χ1v) is 10.8. The summed E-state index contributed by atoms with van der Waals surface area (Å²) in [6.45, 7) is 6.63. The lowest BCUT2D eigenvalue weighted by molar-refractivity contribution is -0.138. The molecule has 166 valence electrons.